The van der Waals surface area contributed by atoms with E-state index in [4.69, 9.17) is 21.1 Å². The quantitative estimate of drug-likeness (QED) is 0.523. The van der Waals surface area contributed by atoms with Crippen molar-refractivity contribution < 1.29 is 19.1 Å². The third-order valence-corrected chi connectivity index (χ3v) is 4.96. The molecule has 10 heteroatoms. The number of carbonyl (C=O) groups is 2. The van der Waals surface area contributed by atoms with Gasteiger partial charge in [-0.3, -0.25) is 9.59 Å². The van der Waals surface area contributed by atoms with E-state index in [1.807, 2.05) is 24.3 Å². The average molecular weight is 447 g/mol. The number of aromatic nitrogens is 2. The number of nitrogens with one attached hydrogen (secondary N) is 2. The molecule has 2 aromatic carbocycles. The molecule has 0 spiro atoms. The first-order valence-corrected chi connectivity index (χ1v) is 10.1. The number of nitrogens with zero attached hydrogens (tertiary/aromatic N) is 2. The lowest BCUT2D eigenvalue weighted by molar-refractivity contribution is -0.126. The molecule has 156 valence electrons. The van der Waals surface area contributed by atoms with Gasteiger partial charge in [-0.25, -0.2) is 0 Å². The van der Waals surface area contributed by atoms with Crippen LogP contribution in [0.15, 0.2) is 48.5 Å². The van der Waals surface area contributed by atoms with Crippen molar-refractivity contribution in [2.45, 2.75) is 13.2 Å². The van der Waals surface area contributed by atoms with Gasteiger partial charge in [-0.1, -0.05) is 41.1 Å². The normalized spacial score (nSPS) is 10.5. The molecule has 0 aliphatic carbocycles. The molecular formula is C20H19ClN4O4S. The second kappa shape index (κ2) is 10.7. The zero-order valence-electron chi connectivity index (χ0n) is 16.1. The maximum absolute atomic E-state index is 12.2. The molecule has 8 nitrogen and oxygen atoms in total. The fourth-order valence-electron chi connectivity index (χ4n) is 2.42. The van der Waals surface area contributed by atoms with Crippen molar-refractivity contribution in [2.75, 3.05) is 19.0 Å². The summed E-state index contributed by atoms with van der Waals surface area (Å²) in [5.74, 6) is 0.0720. The molecule has 2 amide bonds. The summed E-state index contributed by atoms with van der Waals surface area (Å²) < 4.78 is 10.5. The summed E-state index contributed by atoms with van der Waals surface area (Å²) >= 11 is 6.99. The zero-order valence-corrected chi connectivity index (χ0v) is 17.6. The van der Waals surface area contributed by atoms with E-state index in [0.29, 0.717) is 22.3 Å². The summed E-state index contributed by atoms with van der Waals surface area (Å²) in [5, 5.41) is 14.4. The molecule has 0 fully saturated rings. The molecule has 30 heavy (non-hydrogen) atoms. The Morgan fingerprint density at radius 2 is 1.97 bits per heavy atom. The highest BCUT2D eigenvalue weighted by molar-refractivity contribution is 7.13. The summed E-state index contributed by atoms with van der Waals surface area (Å²) in [6, 6.07) is 14.2. The van der Waals surface area contributed by atoms with E-state index in [1.165, 1.54) is 0 Å². The van der Waals surface area contributed by atoms with E-state index in [-0.39, 0.29) is 24.1 Å². The maximum atomic E-state index is 12.2. The summed E-state index contributed by atoms with van der Waals surface area (Å²) in [4.78, 5) is 24.2. The average Bonchev–Trinajstić information content (AvgIpc) is 3.21. The minimum absolute atomic E-state index is 0.0781. The fourth-order valence-corrected chi connectivity index (χ4v) is 3.28. The van der Waals surface area contributed by atoms with E-state index in [2.05, 4.69) is 20.8 Å². The third-order valence-electron chi connectivity index (χ3n) is 3.83. The second-order valence-electron chi connectivity index (χ2n) is 6.09. The van der Waals surface area contributed by atoms with Crippen molar-refractivity contribution >= 4 is 40.4 Å². The SMILES string of the molecule is COc1cccc(CNC(=O)COCc2nnc(C(=O)Nc3cccc(Cl)c3)s2)c1. The lowest BCUT2D eigenvalue weighted by Gasteiger charge is -2.07. The number of carbonyl (C=O) groups excluding carboxylic acids is 2. The lowest BCUT2D eigenvalue weighted by atomic mass is 10.2. The highest BCUT2D eigenvalue weighted by Crippen LogP contribution is 2.17. The van der Waals surface area contributed by atoms with Crippen molar-refractivity contribution in [1.82, 2.24) is 15.5 Å². The van der Waals surface area contributed by atoms with Gasteiger partial charge in [-0.2, -0.15) is 0 Å². The van der Waals surface area contributed by atoms with E-state index < -0.39 is 5.91 Å². The molecule has 2 N–H and O–H groups in total. The van der Waals surface area contributed by atoms with E-state index >= 15 is 0 Å². The van der Waals surface area contributed by atoms with Gasteiger partial charge >= 0.3 is 0 Å². The number of hydrogen-bond acceptors (Lipinski definition) is 7. The molecule has 0 atom stereocenters. The van der Waals surface area contributed by atoms with Gasteiger partial charge in [0.05, 0.1) is 7.11 Å². The van der Waals surface area contributed by atoms with Crippen molar-refractivity contribution in [3.05, 3.63) is 69.1 Å². The Kier molecular flexibility index (Phi) is 7.72. The smallest absolute Gasteiger partial charge is 0.286 e. The van der Waals surface area contributed by atoms with Gasteiger partial charge in [0.2, 0.25) is 10.9 Å². The minimum Gasteiger partial charge on any atom is -0.497 e. The van der Waals surface area contributed by atoms with Crippen LogP contribution in [0, 0.1) is 0 Å². The predicted octanol–water partition coefficient (Wildman–Crippen LogP) is 3.29. The number of anilines is 1. The lowest BCUT2D eigenvalue weighted by Crippen LogP contribution is -2.27. The number of hydrogen-bond donors (Lipinski definition) is 2. The molecule has 1 heterocycles. The molecule has 0 saturated heterocycles. The van der Waals surface area contributed by atoms with Gasteiger partial charge in [0.1, 0.15) is 24.0 Å². The molecule has 0 radical (unpaired) electrons. The molecule has 0 saturated carbocycles. The highest BCUT2D eigenvalue weighted by Gasteiger charge is 2.14. The first-order chi connectivity index (χ1) is 14.5. The second-order valence-corrected chi connectivity index (χ2v) is 7.58. The van der Waals surface area contributed by atoms with Crippen molar-refractivity contribution in [2.24, 2.45) is 0 Å². The number of benzene rings is 2. The zero-order chi connectivity index (χ0) is 21.3. The molecular weight excluding hydrogens is 428 g/mol. The van der Waals surface area contributed by atoms with E-state index in [9.17, 15) is 9.59 Å². The molecule has 0 bridgehead atoms. The van der Waals surface area contributed by atoms with Gasteiger partial charge in [-0.05, 0) is 35.9 Å². The van der Waals surface area contributed by atoms with Crippen LogP contribution in [-0.2, 0) is 22.7 Å². The Bertz CT molecular complexity index is 1030. The predicted molar refractivity (Wildman–Crippen MR) is 114 cm³/mol. The Labute approximate surface area is 182 Å². The molecule has 0 aliphatic rings. The topological polar surface area (TPSA) is 102 Å². The van der Waals surface area contributed by atoms with Crippen LogP contribution in [0.2, 0.25) is 5.02 Å². The summed E-state index contributed by atoms with van der Waals surface area (Å²) in [5.41, 5.74) is 1.48. The number of methoxy groups -OCH3 is 1. The van der Waals surface area contributed by atoms with Crippen molar-refractivity contribution in [1.29, 1.82) is 0 Å². The monoisotopic (exact) mass is 446 g/mol. The summed E-state index contributed by atoms with van der Waals surface area (Å²) in [6.07, 6.45) is 0. The molecule has 0 unspecified atom stereocenters. The standard InChI is InChI=1S/C20H19ClN4O4S/c1-28-16-7-2-4-13(8-16)10-22-17(26)11-29-12-18-24-25-20(30-18)19(27)23-15-6-3-5-14(21)9-15/h2-9H,10-12H2,1H3,(H,22,26)(H,23,27). The largest absolute Gasteiger partial charge is 0.497 e. The first kappa shape index (κ1) is 21.7. The van der Waals surface area contributed by atoms with Crippen molar-refractivity contribution in [3.8, 4) is 5.75 Å². The molecule has 3 rings (SSSR count). The molecule has 0 aliphatic heterocycles. The van der Waals surface area contributed by atoms with Gasteiger partial charge in [0, 0.05) is 17.3 Å². The van der Waals surface area contributed by atoms with Gasteiger partial charge in [0.25, 0.3) is 5.91 Å². The van der Waals surface area contributed by atoms with Gasteiger partial charge in [-0.15, -0.1) is 10.2 Å². The van der Waals surface area contributed by atoms with Crippen LogP contribution >= 0.6 is 22.9 Å². The Hall–Kier alpha value is -3.01. The van der Waals surface area contributed by atoms with Crippen LogP contribution in [0.5, 0.6) is 5.75 Å². The van der Waals surface area contributed by atoms with E-state index in [1.54, 1.807) is 31.4 Å². The van der Waals surface area contributed by atoms with Crippen LogP contribution in [0.4, 0.5) is 5.69 Å². The molecule has 1 aromatic heterocycles. The maximum Gasteiger partial charge on any atom is 0.286 e. The summed E-state index contributed by atoms with van der Waals surface area (Å²) in [6.45, 7) is 0.314. The van der Waals surface area contributed by atoms with Crippen LogP contribution in [0.25, 0.3) is 0 Å². The number of amides is 2. The number of ether oxygens (including phenoxy) is 2. The van der Waals surface area contributed by atoms with Crippen molar-refractivity contribution in [3.63, 3.8) is 0 Å². The fraction of sp³-hybridized carbons (Fsp3) is 0.200. The van der Waals surface area contributed by atoms with Crippen LogP contribution in [-0.4, -0.2) is 35.7 Å². The minimum atomic E-state index is -0.392. The molecule has 3 aromatic rings. The highest BCUT2D eigenvalue weighted by atomic mass is 35.5. The third kappa shape index (κ3) is 6.51. The van der Waals surface area contributed by atoms with Crippen LogP contribution in [0.1, 0.15) is 20.4 Å². The number of rotatable bonds is 9. The van der Waals surface area contributed by atoms with E-state index in [0.717, 1.165) is 22.6 Å². The Morgan fingerprint density at radius 3 is 2.77 bits per heavy atom. The van der Waals surface area contributed by atoms with Crippen LogP contribution < -0.4 is 15.4 Å². The summed E-state index contributed by atoms with van der Waals surface area (Å²) in [7, 11) is 1.59. The van der Waals surface area contributed by atoms with Gasteiger partial charge in [0.15, 0.2) is 0 Å². The first-order valence-electron chi connectivity index (χ1n) is 8.90. The Balaban J connectivity index is 1.41. The number of halogens is 1. The van der Waals surface area contributed by atoms with Gasteiger partial charge < -0.3 is 20.1 Å². The Morgan fingerprint density at radius 1 is 1.13 bits per heavy atom. The van der Waals surface area contributed by atoms with Crippen LogP contribution in [0.3, 0.4) is 0 Å².